The second-order valence-electron chi connectivity index (χ2n) is 6.96. The summed E-state index contributed by atoms with van der Waals surface area (Å²) in [5, 5.41) is 21.0. The van der Waals surface area contributed by atoms with Crippen LogP contribution in [0.25, 0.3) is 34.2 Å². The number of fused-ring (bicyclic) bond motifs is 1. The molecule has 4 aromatic rings. The maximum Gasteiger partial charge on any atom is 0.238 e. The Morgan fingerprint density at radius 1 is 1.10 bits per heavy atom. The number of nitrogens with one attached hydrogen (secondary N) is 2. The van der Waals surface area contributed by atoms with Crippen molar-refractivity contribution < 1.29 is 14.6 Å². The molecule has 7 heteroatoms. The topological polar surface area (TPSA) is 113 Å². The highest BCUT2D eigenvalue weighted by Crippen LogP contribution is 2.33. The number of nitrogens with two attached hydrogens (primary N) is 1. The van der Waals surface area contributed by atoms with Crippen LogP contribution in [-0.4, -0.2) is 34.9 Å². The molecule has 0 aliphatic carbocycles. The Balaban J connectivity index is 1.55. The van der Waals surface area contributed by atoms with Crippen LogP contribution in [0.2, 0.25) is 0 Å². The first-order valence-corrected chi connectivity index (χ1v) is 9.71. The fraction of sp³-hybridized carbons (Fsp3) is 0.0833. The second-order valence-corrected chi connectivity index (χ2v) is 6.96. The Morgan fingerprint density at radius 2 is 1.84 bits per heavy atom. The number of rotatable bonds is 6. The van der Waals surface area contributed by atoms with Gasteiger partial charge in [-0.1, -0.05) is 30.3 Å². The van der Waals surface area contributed by atoms with E-state index in [0.717, 1.165) is 33.3 Å². The van der Waals surface area contributed by atoms with Crippen molar-refractivity contribution in [3.05, 3.63) is 71.9 Å². The minimum absolute atomic E-state index is 0.0457. The third kappa shape index (κ3) is 4.41. The summed E-state index contributed by atoms with van der Waals surface area (Å²) in [6, 6.07) is 18.8. The molecule has 1 amide bonds. The average molecular weight is 414 g/mol. The third-order valence-corrected chi connectivity index (χ3v) is 4.92. The number of hydrogen-bond acceptors (Lipinski definition) is 5. The molecule has 3 aromatic carbocycles. The van der Waals surface area contributed by atoms with Gasteiger partial charge in [0, 0.05) is 11.1 Å². The van der Waals surface area contributed by atoms with Crippen molar-refractivity contribution in [1.82, 2.24) is 10.2 Å². The molecular weight excluding hydrogens is 392 g/mol. The Bertz CT molecular complexity index is 1260. The van der Waals surface area contributed by atoms with Gasteiger partial charge in [0.15, 0.2) is 11.5 Å². The number of carbonyl (C=O) groups excluding carboxylic acids is 1. The minimum Gasteiger partial charge on any atom is -0.504 e. The maximum atomic E-state index is 11.4. The third-order valence-electron chi connectivity index (χ3n) is 4.92. The molecule has 4 rings (SSSR count). The van der Waals surface area contributed by atoms with Crippen LogP contribution in [0.5, 0.6) is 11.5 Å². The van der Waals surface area contributed by atoms with Crippen molar-refractivity contribution in [1.29, 1.82) is 0 Å². The van der Waals surface area contributed by atoms with E-state index < -0.39 is 0 Å². The summed E-state index contributed by atoms with van der Waals surface area (Å²) in [6.07, 6.45) is 3.90. The predicted octanol–water partition coefficient (Wildman–Crippen LogP) is 4.01. The van der Waals surface area contributed by atoms with E-state index in [4.69, 9.17) is 10.5 Å². The van der Waals surface area contributed by atoms with Crippen LogP contribution in [0, 0.1) is 0 Å². The predicted molar refractivity (Wildman–Crippen MR) is 123 cm³/mol. The van der Waals surface area contributed by atoms with E-state index in [1.807, 2.05) is 60.7 Å². The Morgan fingerprint density at radius 3 is 2.58 bits per heavy atom. The van der Waals surface area contributed by atoms with Crippen LogP contribution in [0.4, 0.5) is 5.69 Å². The minimum atomic E-state index is -0.226. The number of hydrogen-bond donors (Lipinski definition) is 4. The van der Waals surface area contributed by atoms with Crippen LogP contribution in [0.1, 0.15) is 11.3 Å². The highest BCUT2D eigenvalue weighted by molar-refractivity contribution is 5.93. The van der Waals surface area contributed by atoms with E-state index in [1.165, 1.54) is 7.11 Å². The summed E-state index contributed by atoms with van der Waals surface area (Å²) in [7, 11) is 1.53. The molecule has 1 aromatic heterocycles. The normalized spacial score (nSPS) is 11.2. The van der Waals surface area contributed by atoms with Crippen LogP contribution in [-0.2, 0) is 4.79 Å². The van der Waals surface area contributed by atoms with E-state index in [1.54, 1.807) is 12.1 Å². The maximum absolute atomic E-state index is 11.4. The molecule has 156 valence electrons. The molecule has 0 unspecified atom stereocenters. The van der Waals surface area contributed by atoms with Crippen molar-refractivity contribution in [2.45, 2.75) is 0 Å². The number of H-pyrrole nitrogens is 1. The first-order chi connectivity index (χ1) is 15.1. The number of phenolic OH excluding ortho intramolecular Hbond substituents is 1. The fourth-order valence-electron chi connectivity index (χ4n) is 3.27. The number of aromatic nitrogens is 2. The molecule has 0 aliphatic rings. The van der Waals surface area contributed by atoms with E-state index in [9.17, 15) is 9.90 Å². The van der Waals surface area contributed by atoms with Gasteiger partial charge in [0.2, 0.25) is 5.91 Å². The van der Waals surface area contributed by atoms with E-state index in [-0.39, 0.29) is 18.2 Å². The van der Waals surface area contributed by atoms with Crippen molar-refractivity contribution in [2.75, 3.05) is 19.0 Å². The Kier molecular flexibility index (Phi) is 5.68. The smallest absolute Gasteiger partial charge is 0.238 e. The number of amides is 1. The summed E-state index contributed by atoms with van der Waals surface area (Å²) in [5.74, 6) is 0.312. The van der Waals surface area contributed by atoms with Gasteiger partial charge in [0.25, 0.3) is 0 Å². The van der Waals surface area contributed by atoms with Crippen LogP contribution < -0.4 is 15.8 Å². The molecule has 7 nitrogen and oxygen atoms in total. The molecule has 0 aliphatic heterocycles. The second kappa shape index (κ2) is 8.73. The number of methoxy groups -OCH3 is 1. The lowest BCUT2D eigenvalue weighted by molar-refractivity contribution is -0.114. The monoisotopic (exact) mass is 414 g/mol. The number of carbonyl (C=O) groups is 1. The lowest BCUT2D eigenvalue weighted by Crippen LogP contribution is -2.21. The molecule has 0 spiro atoms. The van der Waals surface area contributed by atoms with Gasteiger partial charge >= 0.3 is 0 Å². The van der Waals surface area contributed by atoms with Crippen molar-refractivity contribution in [3.8, 4) is 22.6 Å². The standard InChI is InChI=1S/C24H22N4O3/c1-31-23-13-17(6-11-22(23)29)16-5-9-19-20(27-28-21(19)12-16)10-4-15-2-7-18(8-3-15)26-24(30)14-25/h2-13,29H,14,25H2,1H3,(H,26,30)(H,27,28). The molecule has 5 N–H and O–H groups in total. The molecule has 0 saturated heterocycles. The number of phenols is 1. The van der Waals surface area contributed by atoms with E-state index in [2.05, 4.69) is 15.5 Å². The summed E-state index contributed by atoms with van der Waals surface area (Å²) in [4.78, 5) is 11.4. The lowest BCUT2D eigenvalue weighted by Gasteiger charge is -2.07. The number of aromatic hydroxyl groups is 1. The highest BCUT2D eigenvalue weighted by Gasteiger charge is 2.08. The van der Waals surface area contributed by atoms with Crippen molar-refractivity contribution in [2.24, 2.45) is 5.73 Å². The van der Waals surface area contributed by atoms with Crippen LogP contribution in [0.15, 0.2) is 60.7 Å². The zero-order valence-corrected chi connectivity index (χ0v) is 16.9. The van der Waals surface area contributed by atoms with Gasteiger partial charge < -0.3 is 20.9 Å². The summed E-state index contributed by atoms with van der Waals surface area (Å²) >= 11 is 0. The molecular formula is C24H22N4O3. The molecule has 0 fully saturated rings. The van der Waals surface area contributed by atoms with Gasteiger partial charge in [0.05, 0.1) is 24.9 Å². The molecule has 0 bridgehead atoms. The number of aromatic amines is 1. The first kappa shape index (κ1) is 20.2. The summed E-state index contributed by atoms with van der Waals surface area (Å²) in [5.41, 5.74) is 10.6. The van der Waals surface area contributed by atoms with Gasteiger partial charge in [-0.15, -0.1) is 0 Å². The zero-order chi connectivity index (χ0) is 21.8. The molecule has 0 radical (unpaired) electrons. The quantitative estimate of drug-likeness (QED) is 0.381. The van der Waals surface area contributed by atoms with Crippen LogP contribution in [0.3, 0.4) is 0 Å². The fourth-order valence-corrected chi connectivity index (χ4v) is 3.27. The number of nitrogens with zero attached hydrogens (tertiary/aromatic N) is 1. The van der Waals surface area contributed by atoms with Gasteiger partial charge in [-0.05, 0) is 59.2 Å². The SMILES string of the molecule is COc1cc(-c2ccc3c(C=Cc4ccc(NC(=O)CN)cc4)n[nH]c3c2)ccc1O. The Hall–Kier alpha value is -4.10. The highest BCUT2D eigenvalue weighted by atomic mass is 16.5. The van der Waals surface area contributed by atoms with Gasteiger partial charge in [-0.3, -0.25) is 9.89 Å². The lowest BCUT2D eigenvalue weighted by atomic mass is 10.0. The van der Waals surface area contributed by atoms with Crippen molar-refractivity contribution in [3.63, 3.8) is 0 Å². The summed E-state index contributed by atoms with van der Waals surface area (Å²) in [6.45, 7) is -0.0457. The first-order valence-electron chi connectivity index (χ1n) is 9.71. The average Bonchev–Trinajstić information content (AvgIpc) is 3.21. The Labute approximate surface area is 179 Å². The largest absolute Gasteiger partial charge is 0.504 e. The molecule has 31 heavy (non-hydrogen) atoms. The molecule has 0 saturated carbocycles. The van der Waals surface area contributed by atoms with Crippen molar-refractivity contribution >= 4 is 34.6 Å². The molecule has 1 heterocycles. The number of benzene rings is 3. The van der Waals surface area contributed by atoms with Gasteiger partial charge in [-0.2, -0.15) is 5.10 Å². The van der Waals surface area contributed by atoms with Gasteiger partial charge in [0.1, 0.15) is 0 Å². The van der Waals surface area contributed by atoms with E-state index in [0.29, 0.717) is 11.4 Å². The summed E-state index contributed by atoms with van der Waals surface area (Å²) < 4.78 is 5.20. The zero-order valence-electron chi connectivity index (χ0n) is 16.9. The van der Waals surface area contributed by atoms with Gasteiger partial charge in [-0.25, -0.2) is 0 Å². The molecule has 0 atom stereocenters. The van der Waals surface area contributed by atoms with E-state index >= 15 is 0 Å². The number of anilines is 1. The van der Waals surface area contributed by atoms with Crippen LogP contribution >= 0.6 is 0 Å². The number of ether oxygens (including phenoxy) is 1.